The fourth-order valence-electron chi connectivity index (χ4n) is 6.41. The number of rotatable bonds is 1. The van der Waals surface area contributed by atoms with Crippen LogP contribution in [0.4, 0.5) is 0 Å². The van der Waals surface area contributed by atoms with Crippen LogP contribution in [0.5, 0.6) is 0 Å². The monoisotopic (exact) mass is 409 g/mol. The predicted molar refractivity (Wildman–Crippen MR) is 131 cm³/mol. The molecule has 7 rings (SSSR count). The molecule has 1 nitrogen and oxygen atoms in total. The zero-order valence-electron chi connectivity index (χ0n) is 17.8. The molecule has 1 unspecified atom stereocenters. The van der Waals surface area contributed by atoms with Gasteiger partial charge in [-0.2, -0.15) is 0 Å². The summed E-state index contributed by atoms with van der Waals surface area (Å²) in [6, 6.07) is 37.5. The van der Waals surface area contributed by atoms with Gasteiger partial charge in [-0.25, -0.2) is 0 Å². The van der Waals surface area contributed by atoms with Crippen LogP contribution in [0.1, 0.15) is 40.2 Å². The minimum Gasteiger partial charge on any atom is -0.402 e. The van der Waals surface area contributed by atoms with Crippen molar-refractivity contribution in [2.75, 3.05) is 0 Å². The van der Waals surface area contributed by atoms with Crippen molar-refractivity contribution in [1.82, 2.24) is 0 Å². The summed E-state index contributed by atoms with van der Waals surface area (Å²) in [7, 11) is 0. The highest BCUT2D eigenvalue weighted by Gasteiger charge is 2.53. The van der Waals surface area contributed by atoms with Crippen LogP contribution in [0.3, 0.4) is 0 Å². The van der Waals surface area contributed by atoms with Crippen molar-refractivity contribution in [1.29, 1.82) is 0 Å². The standard InChI is InChI=1S/C31H23N/c32-30-19-29-25(18-24(30)20-10-2-1-3-11-20)23-14-6-9-17-28(23)31(29)26-15-7-4-12-21(26)22-13-5-8-16-27(22)31/h1-17,19,24H,18,32H2. The van der Waals surface area contributed by atoms with Crippen molar-refractivity contribution in [2.45, 2.75) is 17.8 Å². The van der Waals surface area contributed by atoms with Crippen LogP contribution in [0.2, 0.25) is 0 Å². The maximum atomic E-state index is 6.82. The van der Waals surface area contributed by atoms with Gasteiger partial charge in [-0.3, -0.25) is 0 Å². The number of nitrogens with two attached hydrogens (primary N) is 1. The molecule has 0 saturated carbocycles. The van der Waals surface area contributed by atoms with E-state index in [4.69, 9.17) is 5.73 Å². The first-order chi connectivity index (χ1) is 15.8. The van der Waals surface area contributed by atoms with E-state index < -0.39 is 0 Å². The number of allylic oxidation sites excluding steroid dienone is 4. The van der Waals surface area contributed by atoms with E-state index in [-0.39, 0.29) is 11.3 Å². The average Bonchev–Trinajstić information content (AvgIpc) is 3.31. The SMILES string of the molecule is NC1=CC2=C(CC1c1ccccc1)c1ccccc1C21c2ccccc2-c2ccccc21. The van der Waals surface area contributed by atoms with Crippen LogP contribution in [0.15, 0.2) is 120 Å². The number of hydrogen-bond acceptors (Lipinski definition) is 1. The predicted octanol–water partition coefficient (Wildman–Crippen LogP) is 6.80. The van der Waals surface area contributed by atoms with E-state index in [9.17, 15) is 0 Å². The van der Waals surface area contributed by atoms with Crippen molar-refractivity contribution >= 4 is 5.57 Å². The molecule has 3 aliphatic rings. The molecule has 2 N–H and O–H groups in total. The minimum absolute atomic E-state index is 0.213. The summed E-state index contributed by atoms with van der Waals surface area (Å²) in [5.41, 5.74) is 19.8. The van der Waals surface area contributed by atoms with Crippen molar-refractivity contribution < 1.29 is 0 Å². The molecule has 32 heavy (non-hydrogen) atoms. The number of fused-ring (bicyclic) bond motifs is 9. The Kier molecular flexibility index (Phi) is 3.52. The Morgan fingerprint density at radius 1 is 0.594 bits per heavy atom. The summed E-state index contributed by atoms with van der Waals surface area (Å²) < 4.78 is 0. The lowest BCUT2D eigenvalue weighted by Gasteiger charge is -2.33. The average molecular weight is 410 g/mol. The summed E-state index contributed by atoms with van der Waals surface area (Å²) in [6.45, 7) is 0. The molecule has 0 fully saturated rings. The third kappa shape index (κ3) is 2.08. The maximum absolute atomic E-state index is 6.82. The second kappa shape index (κ2) is 6.34. The number of hydrogen-bond donors (Lipinski definition) is 1. The van der Waals surface area contributed by atoms with Gasteiger partial charge < -0.3 is 5.73 Å². The quantitative estimate of drug-likeness (QED) is 0.368. The van der Waals surface area contributed by atoms with Gasteiger partial charge in [0.2, 0.25) is 0 Å². The molecule has 4 aromatic carbocycles. The summed E-state index contributed by atoms with van der Waals surface area (Å²) in [5, 5.41) is 0. The Morgan fingerprint density at radius 2 is 1.09 bits per heavy atom. The molecule has 3 aliphatic carbocycles. The van der Waals surface area contributed by atoms with Crippen LogP contribution in [0.25, 0.3) is 16.7 Å². The van der Waals surface area contributed by atoms with E-state index in [0.717, 1.165) is 12.1 Å². The first-order valence-corrected chi connectivity index (χ1v) is 11.3. The molecule has 0 aliphatic heterocycles. The molecule has 1 atom stereocenters. The van der Waals surface area contributed by atoms with Crippen LogP contribution in [0, 0.1) is 0 Å². The summed E-state index contributed by atoms with van der Waals surface area (Å²) >= 11 is 0. The lowest BCUT2D eigenvalue weighted by Crippen LogP contribution is -2.28. The van der Waals surface area contributed by atoms with Gasteiger partial charge in [0, 0.05) is 11.6 Å². The lowest BCUT2D eigenvalue weighted by molar-refractivity contribution is 0.748. The molecular formula is C31H23N. The van der Waals surface area contributed by atoms with Crippen molar-refractivity contribution in [3.05, 3.63) is 148 Å². The molecule has 1 heteroatoms. The van der Waals surface area contributed by atoms with Crippen LogP contribution >= 0.6 is 0 Å². The first kappa shape index (κ1) is 17.8. The van der Waals surface area contributed by atoms with E-state index in [1.165, 1.54) is 50.1 Å². The molecule has 0 saturated heterocycles. The second-order valence-corrected chi connectivity index (χ2v) is 9.09. The zero-order chi connectivity index (χ0) is 21.3. The zero-order valence-corrected chi connectivity index (χ0v) is 17.8. The largest absolute Gasteiger partial charge is 0.402 e. The molecule has 0 heterocycles. The smallest absolute Gasteiger partial charge is 0.0722 e. The van der Waals surface area contributed by atoms with Crippen LogP contribution < -0.4 is 5.73 Å². The Bertz CT molecular complexity index is 1410. The Hall–Kier alpha value is -3.84. The van der Waals surface area contributed by atoms with E-state index in [1.54, 1.807) is 0 Å². The second-order valence-electron chi connectivity index (χ2n) is 9.09. The Labute approximate surface area is 188 Å². The summed E-state index contributed by atoms with van der Waals surface area (Å²) in [5.74, 6) is 0.213. The highest BCUT2D eigenvalue weighted by Crippen LogP contribution is 2.64. The van der Waals surface area contributed by atoms with Gasteiger partial charge in [0.1, 0.15) is 0 Å². The number of benzene rings is 4. The van der Waals surface area contributed by atoms with Crippen molar-refractivity contribution in [2.24, 2.45) is 5.73 Å². The molecular weight excluding hydrogens is 386 g/mol. The third-order valence-corrected chi connectivity index (χ3v) is 7.66. The molecule has 4 aromatic rings. The fraction of sp³-hybridized carbons (Fsp3) is 0.0968. The van der Waals surface area contributed by atoms with Gasteiger partial charge in [0.15, 0.2) is 0 Å². The van der Waals surface area contributed by atoms with Crippen LogP contribution in [-0.2, 0) is 5.41 Å². The van der Waals surface area contributed by atoms with Gasteiger partial charge in [0.05, 0.1) is 5.41 Å². The van der Waals surface area contributed by atoms with E-state index >= 15 is 0 Å². The van der Waals surface area contributed by atoms with Gasteiger partial charge in [0.25, 0.3) is 0 Å². The molecule has 0 amide bonds. The fourth-order valence-corrected chi connectivity index (χ4v) is 6.41. The van der Waals surface area contributed by atoms with Gasteiger partial charge in [-0.1, -0.05) is 103 Å². The van der Waals surface area contributed by atoms with Crippen molar-refractivity contribution in [3.63, 3.8) is 0 Å². The minimum atomic E-state index is -0.286. The summed E-state index contributed by atoms with van der Waals surface area (Å²) in [6.07, 6.45) is 3.24. The molecule has 1 spiro atoms. The highest BCUT2D eigenvalue weighted by molar-refractivity contribution is 5.96. The van der Waals surface area contributed by atoms with Gasteiger partial charge in [-0.05, 0) is 62.6 Å². The normalized spacial score (nSPS) is 19.2. The Morgan fingerprint density at radius 3 is 1.72 bits per heavy atom. The molecule has 152 valence electrons. The Balaban J connectivity index is 1.55. The van der Waals surface area contributed by atoms with Crippen molar-refractivity contribution in [3.8, 4) is 11.1 Å². The highest BCUT2D eigenvalue weighted by atomic mass is 14.6. The van der Waals surface area contributed by atoms with Gasteiger partial charge >= 0.3 is 0 Å². The lowest BCUT2D eigenvalue weighted by atomic mass is 9.68. The van der Waals surface area contributed by atoms with Gasteiger partial charge in [-0.15, -0.1) is 0 Å². The third-order valence-electron chi connectivity index (χ3n) is 7.66. The first-order valence-electron chi connectivity index (χ1n) is 11.3. The van der Waals surface area contributed by atoms with E-state index in [2.05, 4.69) is 109 Å². The maximum Gasteiger partial charge on any atom is 0.0722 e. The van der Waals surface area contributed by atoms with E-state index in [0.29, 0.717) is 0 Å². The molecule has 0 bridgehead atoms. The topological polar surface area (TPSA) is 26.0 Å². The molecule has 0 radical (unpaired) electrons. The van der Waals surface area contributed by atoms with Crippen LogP contribution in [-0.4, -0.2) is 0 Å². The molecule has 0 aromatic heterocycles. The van der Waals surface area contributed by atoms with E-state index in [1.807, 2.05) is 0 Å². The summed E-state index contributed by atoms with van der Waals surface area (Å²) in [4.78, 5) is 0.